The summed E-state index contributed by atoms with van der Waals surface area (Å²) < 4.78 is 41.4. The summed E-state index contributed by atoms with van der Waals surface area (Å²) in [5.41, 5.74) is 1.11. The van der Waals surface area contributed by atoms with E-state index in [-0.39, 0.29) is 17.3 Å². The van der Waals surface area contributed by atoms with Gasteiger partial charge in [-0.2, -0.15) is 28.6 Å². The molecule has 4 aromatic rings. The normalized spacial score (nSPS) is 12.8. The fourth-order valence-corrected chi connectivity index (χ4v) is 3.28. The molecule has 0 saturated carbocycles. The SMILES string of the molecule is CCC(c1ccccc1)n1cnc(-c2cc(-c3n[nH]nc3C(F)(F)F)ccn2)c1. The van der Waals surface area contributed by atoms with Crippen LogP contribution in [0.25, 0.3) is 22.6 Å². The largest absolute Gasteiger partial charge is 0.437 e. The monoisotopic (exact) mass is 398 g/mol. The van der Waals surface area contributed by atoms with Gasteiger partial charge in [-0.05, 0) is 24.1 Å². The topological polar surface area (TPSA) is 72.3 Å². The first-order valence-electron chi connectivity index (χ1n) is 9.00. The van der Waals surface area contributed by atoms with Gasteiger partial charge in [0.15, 0.2) is 5.69 Å². The number of imidazole rings is 1. The van der Waals surface area contributed by atoms with Gasteiger partial charge in [-0.1, -0.05) is 37.3 Å². The van der Waals surface area contributed by atoms with Crippen molar-refractivity contribution in [1.29, 1.82) is 0 Å². The third-order valence-corrected chi connectivity index (χ3v) is 4.64. The molecule has 0 bridgehead atoms. The lowest BCUT2D eigenvalue weighted by Gasteiger charge is -2.16. The number of pyridine rings is 1. The molecule has 0 aliphatic rings. The summed E-state index contributed by atoms with van der Waals surface area (Å²) in [5, 5.41) is 8.95. The van der Waals surface area contributed by atoms with Crippen molar-refractivity contribution in [3.8, 4) is 22.6 Å². The Kier molecular flexibility index (Phi) is 4.87. The molecule has 1 atom stereocenters. The minimum atomic E-state index is -4.60. The molecule has 6 nitrogen and oxygen atoms in total. The first-order chi connectivity index (χ1) is 14.0. The Morgan fingerprint density at radius 3 is 2.55 bits per heavy atom. The van der Waals surface area contributed by atoms with E-state index in [9.17, 15) is 13.2 Å². The third-order valence-electron chi connectivity index (χ3n) is 4.64. The minimum absolute atomic E-state index is 0.105. The Morgan fingerprint density at radius 1 is 1.03 bits per heavy atom. The summed E-state index contributed by atoms with van der Waals surface area (Å²) in [6.45, 7) is 2.08. The minimum Gasteiger partial charge on any atom is -0.329 e. The van der Waals surface area contributed by atoms with Crippen molar-refractivity contribution in [2.75, 3.05) is 0 Å². The van der Waals surface area contributed by atoms with Gasteiger partial charge in [0.25, 0.3) is 0 Å². The van der Waals surface area contributed by atoms with Gasteiger partial charge in [-0.15, -0.1) is 0 Å². The zero-order valence-electron chi connectivity index (χ0n) is 15.4. The Balaban J connectivity index is 1.68. The van der Waals surface area contributed by atoms with Gasteiger partial charge in [0.2, 0.25) is 0 Å². The molecule has 0 spiro atoms. The predicted molar refractivity (Wildman–Crippen MR) is 101 cm³/mol. The molecule has 0 radical (unpaired) electrons. The number of H-pyrrole nitrogens is 1. The molecule has 3 aromatic heterocycles. The van der Waals surface area contributed by atoms with Crippen LogP contribution in [0.5, 0.6) is 0 Å². The molecule has 3 heterocycles. The summed E-state index contributed by atoms with van der Waals surface area (Å²) in [7, 11) is 0. The number of aromatic nitrogens is 6. The molecule has 0 amide bonds. The van der Waals surface area contributed by atoms with Crippen molar-refractivity contribution >= 4 is 0 Å². The van der Waals surface area contributed by atoms with Crippen LogP contribution >= 0.6 is 0 Å². The van der Waals surface area contributed by atoms with Crippen molar-refractivity contribution in [3.05, 3.63) is 72.4 Å². The Labute approximate surface area is 164 Å². The second-order valence-corrected chi connectivity index (χ2v) is 6.49. The summed E-state index contributed by atoms with van der Waals surface area (Å²) in [6, 6.07) is 13.1. The van der Waals surface area contributed by atoms with E-state index in [2.05, 4.69) is 39.2 Å². The summed E-state index contributed by atoms with van der Waals surface area (Å²) in [4.78, 5) is 8.68. The number of alkyl halides is 3. The molecule has 148 valence electrons. The number of nitrogens with zero attached hydrogens (tertiary/aromatic N) is 5. The first-order valence-corrected chi connectivity index (χ1v) is 9.00. The number of benzene rings is 1. The maximum atomic E-state index is 13.1. The molecule has 9 heteroatoms. The predicted octanol–water partition coefficient (Wildman–Crippen LogP) is 4.75. The Hall–Kier alpha value is -3.49. The van der Waals surface area contributed by atoms with Gasteiger partial charge in [0.05, 0.1) is 18.1 Å². The van der Waals surface area contributed by atoms with Crippen LogP contribution in [0, 0.1) is 0 Å². The van der Waals surface area contributed by atoms with Crippen LogP contribution in [0.3, 0.4) is 0 Å². The van der Waals surface area contributed by atoms with E-state index in [0.29, 0.717) is 11.4 Å². The maximum Gasteiger partial charge on any atom is 0.437 e. The lowest BCUT2D eigenvalue weighted by molar-refractivity contribution is -0.140. The highest BCUT2D eigenvalue weighted by molar-refractivity contribution is 5.67. The number of hydrogen-bond donors (Lipinski definition) is 1. The standard InChI is InChI=1S/C20H17F3N6/c1-2-17(13-6-4-3-5-7-13)29-11-16(25-12-29)15-10-14(8-9-24-15)18-19(20(21,22)23)27-28-26-18/h3-12,17H,2H2,1H3,(H,26,27,28). The van der Waals surface area contributed by atoms with E-state index in [1.54, 1.807) is 6.33 Å². The molecule has 1 unspecified atom stereocenters. The van der Waals surface area contributed by atoms with Crippen molar-refractivity contribution in [3.63, 3.8) is 0 Å². The number of halogens is 3. The van der Waals surface area contributed by atoms with Gasteiger partial charge in [0.1, 0.15) is 11.4 Å². The van der Waals surface area contributed by atoms with Gasteiger partial charge >= 0.3 is 6.18 Å². The lowest BCUT2D eigenvalue weighted by Crippen LogP contribution is -2.07. The highest BCUT2D eigenvalue weighted by atomic mass is 19.4. The van der Waals surface area contributed by atoms with Crippen LogP contribution in [-0.4, -0.2) is 29.9 Å². The van der Waals surface area contributed by atoms with Crippen LogP contribution in [0.4, 0.5) is 13.2 Å². The van der Waals surface area contributed by atoms with Crippen molar-refractivity contribution in [1.82, 2.24) is 29.9 Å². The quantitative estimate of drug-likeness (QED) is 0.527. The van der Waals surface area contributed by atoms with Gasteiger partial charge < -0.3 is 4.57 Å². The van der Waals surface area contributed by atoms with Crippen molar-refractivity contribution in [2.45, 2.75) is 25.6 Å². The molecule has 29 heavy (non-hydrogen) atoms. The Morgan fingerprint density at radius 2 is 1.83 bits per heavy atom. The van der Waals surface area contributed by atoms with E-state index in [0.717, 1.165) is 12.0 Å². The fraction of sp³-hybridized carbons (Fsp3) is 0.200. The number of hydrogen-bond acceptors (Lipinski definition) is 4. The number of aromatic amines is 1. The summed E-state index contributed by atoms with van der Waals surface area (Å²) in [6.07, 6.45) is 1.26. The molecule has 4 rings (SSSR count). The van der Waals surface area contributed by atoms with E-state index < -0.39 is 11.9 Å². The molecular formula is C20H17F3N6. The van der Waals surface area contributed by atoms with Crippen molar-refractivity contribution < 1.29 is 13.2 Å². The molecule has 1 aromatic carbocycles. The highest BCUT2D eigenvalue weighted by Crippen LogP contribution is 2.34. The zero-order chi connectivity index (χ0) is 20.4. The molecule has 0 aliphatic heterocycles. The van der Waals surface area contributed by atoms with Gasteiger partial charge in [-0.25, -0.2) is 4.98 Å². The van der Waals surface area contributed by atoms with Crippen LogP contribution in [0.1, 0.15) is 30.6 Å². The van der Waals surface area contributed by atoms with E-state index in [1.807, 2.05) is 34.2 Å². The number of nitrogens with one attached hydrogen (secondary N) is 1. The second kappa shape index (κ2) is 7.50. The van der Waals surface area contributed by atoms with Gasteiger partial charge in [-0.3, -0.25) is 4.98 Å². The van der Waals surface area contributed by atoms with Crippen LogP contribution in [-0.2, 0) is 6.18 Å². The molecule has 0 fully saturated rings. The van der Waals surface area contributed by atoms with E-state index in [4.69, 9.17) is 0 Å². The molecular weight excluding hydrogens is 381 g/mol. The summed E-state index contributed by atoms with van der Waals surface area (Å²) in [5.74, 6) is 0. The summed E-state index contributed by atoms with van der Waals surface area (Å²) >= 11 is 0. The smallest absolute Gasteiger partial charge is 0.329 e. The maximum absolute atomic E-state index is 13.1. The zero-order valence-corrected chi connectivity index (χ0v) is 15.4. The third kappa shape index (κ3) is 3.75. The van der Waals surface area contributed by atoms with E-state index >= 15 is 0 Å². The fourth-order valence-electron chi connectivity index (χ4n) is 3.28. The molecule has 1 N–H and O–H groups in total. The van der Waals surface area contributed by atoms with Crippen LogP contribution in [0.2, 0.25) is 0 Å². The van der Waals surface area contributed by atoms with Crippen molar-refractivity contribution in [2.24, 2.45) is 0 Å². The van der Waals surface area contributed by atoms with Gasteiger partial charge in [0, 0.05) is 18.0 Å². The second-order valence-electron chi connectivity index (χ2n) is 6.49. The molecule has 0 saturated heterocycles. The van der Waals surface area contributed by atoms with E-state index in [1.165, 1.54) is 18.3 Å². The number of rotatable bonds is 5. The lowest BCUT2D eigenvalue weighted by atomic mass is 10.0. The average Bonchev–Trinajstić information content (AvgIpc) is 3.40. The first kappa shape index (κ1) is 18.9. The average molecular weight is 398 g/mol. The Bertz CT molecular complexity index is 1100. The van der Waals surface area contributed by atoms with Crippen LogP contribution < -0.4 is 0 Å². The molecule has 0 aliphatic carbocycles. The van der Waals surface area contributed by atoms with Crippen LogP contribution in [0.15, 0.2) is 61.2 Å². The highest BCUT2D eigenvalue weighted by Gasteiger charge is 2.38.